The van der Waals surface area contributed by atoms with Crippen LogP contribution in [0.2, 0.25) is 0 Å². The Morgan fingerprint density at radius 2 is 2.00 bits per heavy atom. The molecule has 1 aromatic carbocycles. The molecule has 94 valence electrons. The van der Waals surface area contributed by atoms with E-state index in [1.165, 1.54) is 5.56 Å². The zero-order valence-corrected chi connectivity index (χ0v) is 10.8. The average Bonchev–Trinajstić information content (AvgIpc) is 2.35. The SMILES string of the molecule is CC[C@H](OC)[C@@H](NCc1ccccc1)C(C)=O. The number of Topliss-reactive ketones (excluding diaryl/α,β-unsaturated/α-hetero) is 1. The number of rotatable bonds is 7. The van der Waals surface area contributed by atoms with Gasteiger partial charge in [0.25, 0.3) is 0 Å². The number of carbonyl (C=O) groups excluding carboxylic acids is 1. The Balaban J connectivity index is 2.59. The van der Waals surface area contributed by atoms with Gasteiger partial charge >= 0.3 is 0 Å². The van der Waals surface area contributed by atoms with Crippen molar-refractivity contribution in [1.29, 1.82) is 0 Å². The Morgan fingerprint density at radius 1 is 1.35 bits per heavy atom. The van der Waals surface area contributed by atoms with Crippen molar-refractivity contribution in [3.05, 3.63) is 35.9 Å². The molecule has 0 unspecified atom stereocenters. The lowest BCUT2D eigenvalue weighted by Gasteiger charge is -2.24. The molecule has 0 heterocycles. The van der Waals surface area contributed by atoms with Crippen molar-refractivity contribution in [2.75, 3.05) is 7.11 Å². The van der Waals surface area contributed by atoms with Crippen LogP contribution < -0.4 is 5.32 Å². The number of carbonyl (C=O) groups is 1. The van der Waals surface area contributed by atoms with Gasteiger partial charge in [-0.3, -0.25) is 4.79 Å². The quantitative estimate of drug-likeness (QED) is 0.787. The minimum Gasteiger partial charge on any atom is -0.379 e. The zero-order chi connectivity index (χ0) is 12.7. The molecule has 17 heavy (non-hydrogen) atoms. The largest absolute Gasteiger partial charge is 0.379 e. The Morgan fingerprint density at radius 3 is 2.47 bits per heavy atom. The van der Waals surface area contributed by atoms with Gasteiger partial charge in [0.15, 0.2) is 0 Å². The summed E-state index contributed by atoms with van der Waals surface area (Å²) in [4.78, 5) is 11.6. The van der Waals surface area contributed by atoms with Gasteiger partial charge in [0.2, 0.25) is 0 Å². The Bertz CT molecular complexity index is 333. The third kappa shape index (κ3) is 4.29. The number of ether oxygens (including phenoxy) is 1. The van der Waals surface area contributed by atoms with Crippen LogP contribution in [0.15, 0.2) is 30.3 Å². The second-order valence-electron chi connectivity index (χ2n) is 4.14. The van der Waals surface area contributed by atoms with Crippen LogP contribution in [0.5, 0.6) is 0 Å². The first-order chi connectivity index (χ1) is 8.19. The summed E-state index contributed by atoms with van der Waals surface area (Å²) in [5.41, 5.74) is 1.17. The molecule has 0 aliphatic rings. The highest BCUT2D eigenvalue weighted by atomic mass is 16.5. The van der Waals surface area contributed by atoms with Gasteiger partial charge in [-0.25, -0.2) is 0 Å². The van der Waals surface area contributed by atoms with Crippen LogP contribution in [0, 0.1) is 0 Å². The van der Waals surface area contributed by atoms with Crippen LogP contribution in [0.1, 0.15) is 25.8 Å². The van der Waals surface area contributed by atoms with Gasteiger partial charge in [0.1, 0.15) is 5.78 Å². The minimum absolute atomic E-state index is 0.0591. The summed E-state index contributed by atoms with van der Waals surface area (Å²) in [5, 5.41) is 3.26. The molecule has 1 aromatic rings. The number of hydrogen-bond acceptors (Lipinski definition) is 3. The van der Waals surface area contributed by atoms with Gasteiger partial charge < -0.3 is 10.1 Å². The van der Waals surface area contributed by atoms with Crippen molar-refractivity contribution in [1.82, 2.24) is 5.32 Å². The molecule has 0 aromatic heterocycles. The van der Waals surface area contributed by atoms with Crippen LogP contribution >= 0.6 is 0 Å². The van der Waals surface area contributed by atoms with Crippen LogP contribution in [0.25, 0.3) is 0 Å². The van der Waals surface area contributed by atoms with E-state index in [1.54, 1.807) is 14.0 Å². The molecule has 0 amide bonds. The molecular formula is C14H21NO2. The maximum absolute atomic E-state index is 11.6. The van der Waals surface area contributed by atoms with Crippen molar-refractivity contribution >= 4 is 5.78 Å². The number of hydrogen-bond donors (Lipinski definition) is 1. The molecule has 0 fully saturated rings. The molecular weight excluding hydrogens is 214 g/mol. The lowest BCUT2D eigenvalue weighted by Crippen LogP contribution is -2.45. The minimum atomic E-state index is -0.231. The van der Waals surface area contributed by atoms with Crippen molar-refractivity contribution < 1.29 is 9.53 Å². The van der Waals surface area contributed by atoms with E-state index >= 15 is 0 Å². The molecule has 1 N–H and O–H groups in total. The molecule has 0 bridgehead atoms. The first-order valence-electron chi connectivity index (χ1n) is 5.99. The van der Waals surface area contributed by atoms with Crippen LogP contribution in [0.4, 0.5) is 0 Å². The first kappa shape index (κ1) is 13.9. The second kappa shape index (κ2) is 7.20. The van der Waals surface area contributed by atoms with E-state index < -0.39 is 0 Å². The van der Waals surface area contributed by atoms with Gasteiger partial charge in [0.05, 0.1) is 12.1 Å². The standard InChI is InChI=1S/C14H21NO2/c1-4-13(17-3)14(11(2)16)15-10-12-8-6-5-7-9-12/h5-9,13-15H,4,10H2,1-3H3/t13-,14-/m0/s1. The Hall–Kier alpha value is -1.19. The molecule has 0 aliphatic heterocycles. The summed E-state index contributed by atoms with van der Waals surface area (Å²) in [7, 11) is 1.65. The summed E-state index contributed by atoms with van der Waals surface area (Å²) in [5.74, 6) is 0.120. The monoisotopic (exact) mass is 235 g/mol. The van der Waals surface area contributed by atoms with Gasteiger partial charge in [-0.2, -0.15) is 0 Å². The molecule has 1 rings (SSSR count). The molecule has 3 heteroatoms. The van der Waals surface area contributed by atoms with Gasteiger partial charge in [-0.15, -0.1) is 0 Å². The van der Waals surface area contributed by atoms with E-state index in [-0.39, 0.29) is 17.9 Å². The normalized spacial score (nSPS) is 14.3. The lowest BCUT2D eigenvalue weighted by atomic mass is 10.0. The lowest BCUT2D eigenvalue weighted by molar-refractivity contribution is -0.122. The first-order valence-corrected chi connectivity index (χ1v) is 5.99. The molecule has 3 nitrogen and oxygen atoms in total. The Kier molecular flexibility index (Phi) is 5.87. The van der Waals surface area contributed by atoms with Gasteiger partial charge in [-0.1, -0.05) is 37.3 Å². The third-order valence-electron chi connectivity index (χ3n) is 2.88. The number of benzene rings is 1. The van der Waals surface area contributed by atoms with Gasteiger partial charge in [0, 0.05) is 13.7 Å². The number of methoxy groups -OCH3 is 1. The summed E-state index contributed by atoms with van der Waals surface area (Å²) >= 11 is 0. The summed E-state index contributed by atoms with van der Waals surface area (Å²) in [6.07, 6.45) is 0.763. The molecule has 0 saturated carbocycles. The summed E-state index contributed by atoms with van der Waals surface area (Å²) < 4.78 is 5.33. The summed E-state index contributed by atoms with van der Waals surface area (Å²) in [6.45, 7) is 4.31. The summed E-state index contributed by atoms with van der Waals surface area (Å²) in [6, 6.07) is 9.82. The fourth-order valence-corrected chi connectivity index (χ4v) is 1.90. The Labute approximate surface area is 103 Å². The topological polar surface area (TPSA) is 38.3 Å². The van der Waals surface area contributed by atoms with Crippen molar-refractivity contribution in [3.8, 4) is 0 Å². The average molecular weight is 235 g/mol. The van der Waals surface area contributed by atoms with Gasteiger partial charge in [-0.05, 0) is 18.9 Å². The maximum atomic E-state index is 11.6. The van der Waals surface area contributed by atoms with Crippen molar-refractivity contribution in [3.63, 3.8) is 0 Å². The highest BCUT2D eigenvalue weighted by Gasteiger charge is 2.23. The molecule has 2 atom stereocenters. The maximum Gasteiger partial charge on any atom is 0.149 e. The fourth-order valence-electron chi connectivity index (χ4n) is 1.90. The predicted octanol–water partition coefficient (Wildman–Crippen LogP) is 2.16. The number of ketones is 1. The van der Waals surface area contributed by atoms with E-state index in [9.17, 15) is 4.79 Å². The predicted molar refractivity (Wildman–Crippen MR) is 68.8 cm³/mol. The smallest absolute Gasteiger partial charge is 0.149 e. The molecule has 0 radical (unpaired) electrons. The van der Waals surface area contributed by atoms with E-state index in [4.69, 9.17) is 4.74 Å². The highest BCUT2D eigenvalue weighted by molar-refractivity contribution is 5.82. The van der Waals surface area contributed by atoms with Crippen LogP contribution in [-0.2, 0) is 16.1 Å². The van der Waals surface area contributed by atoms with E-state index in [0.29, 0.717) is 6.54 Å². The van der Waals surface area contributed by atoms with E-state index in [0.717, 1.165) is 6.42 Å². The molecule has 0 spiro atoms. The van der Waals surface area contributed by atoms with Crippen LogP contribution in [-0.4, -0.2) is 25.0 Å². The fraction of sp³-hybridized carbons (Fsp3) is 0.500. The number of nitrogens with one attached hydrogen (secondary N) is 1. The van der Waals surface area contributed by atoms with Crippen molar-refractivity contribution in [2.24, 2.45) is 0 Å². The molecule has 0 saturated heterocycles. The second-order valence-corrected chi connectivity index (χ2v) is 4.14. The van der Waals surface area contributed by atoms with Crippen LogP contribution in [0.3, 0.4) is 0 Å². The van der Waals surface area contributed by atoms with E-state index in [2.05, 4.69) is 5.32 Å². The van der Waals surface area contributed by atoms with E-state index in [1.807, 2.05) is 37.3 Å². The zero-order valence-electron chi connectivity index (χ0n) is 10.8. The highest BCUT2D eigenvalue weighted by Crippen LogP contribution is 2.06. The third-order valence-corrected chi connectivity index (χ3v) is 2.88. The molecule has 0 aliphatic carbocycles. The van der Waals surface area contributed by atoms with Crippen molar-refractivity contribution in [2.45, 2.75) is 39.0 Å².